The summed E-state index contributed by atoms with van der Waals surface area (Å²) in [6, 6.07) is 7.71. The molecular formula is C18H15F3N4O. The highest BCUT2D eigenvalue weighted by Crippen LogP contribution is 2.29. The van der Waals surface area contributed by atoms with E-state index in [4.69, 9.17) is 0 Å². The molecule has 1 amide bonds. The van der Waals surface area contributed by atoms with Gasteiger partial charge in [-0.1, -0.05) is 0 Å². The molecular weight excluding hydrogens is 345 g/mol. The molecule has 0 fully saturated rings. The zero-order valence-electron chi connectivity index (χ0n) is 13.5. The van der Waals surface area contributed by atoms with Gasteiger partial charge in [-0.15, -0.1) is 0 Å². The third-order valence-electron chi connectivity index (χ3n) is 3.74. The first-order valence-electron chi connectivity index (χ1n) is 7.83. The lowest BCUT2D eigenvalue weighted by Gasteiger charge is -2.10. The molecule has 0 unspecified atom stereocenters. The lowest BCUT2D eigenvalue weighted by atomic mass is 10.1. The number of fused-ring (bicyclic) bond motifs is 1. The number of halogens is 3. The molecule has 2 aromatic heterocycles. The predicted molar refractivity (Wildman–Crippen MR) is 91.8 cm³/mol. The number of benzene rings is 1. The second-order valence-corrected chi connectivity index (χ2v) is 5.51. The molecule has 2 heterocycles. The predicted octanol–water partition coefficient (Wildman–Crippen LogP) is 3.49. The Morgan fingerprint density at radius 2 is 1.77 bits per heavy atom. The molecule has 8 heteroatoms. The van der Waals surface area contributed by atoms with Crippen molar-refractivity contribution >= 4 is 22.5 Å². The summed E-state index contributed by atoms with van der Waals surface area (Å²) in [4.78, 5) is 20.3. The van der Waals surface area contributed by atoms with E-state index in [0.717, 1.165) is 40.9 Å². The van der Waals surface area contributed by atoms with E-state index >= 15 is 0 Å². The fourth-order valence-corrected chi connectivity index (χ4v) is 2.43. The molecule has 2 N–H and O–H groups in total. The number of hydrogen-bond donors (Lipinski definition) is 2. The summed E-state index contributed by atoms with van der Waals surface area (Å²) in [5.74, 6) is -0.429. The topological polar surface area (TPSA) is 66.9 Å². The summed E-state index contributed by atoms with van der Waals surface area (Å²) in [6.07, 6.45) is 0.612. The van der Waals surface area contributed by atoms with Crippen LogP contribution in [0.3, 0.4) is 0 Å². The quantitative estimate of drug-likeness (QED) is 0.684. The van der Waals surface area contributed by atoms with Gasteiger partial charge in [0.05, 0.1) is 11.1 Å². The molecule has 0 aliphatic heterocycles. The number of rotatable bonds is 5. The maximum atomic E-state index is 12.5. The van der Waals surface area contributed by atoms with Crippen LogP contribution in [0.15, 0.2) is 55.0 Å². The number of alkyl halides is 3. The van der Waals surface area contributed by atoms with Crippen LogP contribution >= 0.6 is 0 Å². The van der Waals surface area contributed by atoms with Crippen molar-refractivity contribution in [2.24, 2.45) is 0 Å². The van der Waals surface area contributed by atoms with Crippen molar-refractivity contribution in [3.8, 4) is 0 Å². The Labute approximate surface area is 147 Å². The standard InChI is InChI=1S/C18H15F3N4O/c19-18(20,21)13-3-1-12(2-4-13)17(26)25-10-9-24-16-6-8-23-15-5-7-22-11-14(15)16/h1-8,11H,9-10H2,(H,23,24)(H,25,26). The molecule has 1 aromatic carbocycles. The van der Waals surface area contributed by atoms with Gasteiger partial charge >= 0.3 is 6.18 Å². The molecule has 0 spiro atoms. The monoisotopic (exact) mass is 360 g/mol. The van der Waals surface area contributed by atoms with Crippen LogP contribution in [-0.4, -0.2) is 29.0 Å². The highest BCUT2D eigenvalue weighted by atomic mass is 19.4. The molecule has 0 aliphatic rings. The van der Waals surface area contributed by atoms with Crippen molar-refractivity contribution < 1.29 is 18.0 Å². The van der Waals surface area contributed by atoms with Gasteiger partial charge in [0.1, 0.15) is 0 Å². The van der Waals surface area contributed by atoms with E-state index in [1.807, 2.05) is 6.07 Å². The van der Waals surface area contributed by atoms with Crippen LogP contribution in [0, 0.1) is 0 Å². The Morgan fingerprint density at radius 3 is 2.50 bits per heavy atom. The van der Waals surface area contributed by atoms with Gasteiger partial charge < -0.3 is 10.6 Å². The minimum atomic E-state index is -4.42. The average Bonchev–Trinajstić information content (AvgIpc) is 2.64. The zero-order valence-corrected chi connectivity index (χ0v) is 13.5. The first kappa shape index (κ1) is 17.7. The number of anilines is 1. The van der Waals surface area contributed by atoms with Gasteiger partial charge in [0.2, 0.25) is 0 Å². The number of hydrogen-bond acceptors (Lipinski definition) is 4. The van der Waals surface area contributed by atoms with Crippen molar-refractivity contribution in [3.05, 3.63) is 66.1 Å². The van der Waals surface area contributed by atoms with Crippen LogP contribution in [0.1, 0.15) is 15.9 Å². The van der Waals surface area contributed by atoms with Gasteiger partial charge in [-0.05, 0) is 36.4 Å². The number of aromatic nitrogens is 2. The fourth-order valence-electron chi connectivity index (χ4n) is 2.43. The molecule has 0 bridgehead atoms. The molecule has 0 atom stereocenters. The Kier molecular flexibility index (Phi) is 5.01. The third-order valence-corrected chi connectivity index (χ3v) is 3.74. The summed E-state index contributed by atoms with van der Waals surface area (Å²) in [5, 5.41) is 6.71. The van der Waals surface area contributed by atoms with Crippen molar-refractivity contribution in [1.29, 1.82) is 0 Å². The van der Waals surface area contributed by atoms with Crippen molar-refractivity contribution in [1.82, 2.24) is 15.3 Å². The first-order chi connectivity index (χ1) is 12.4. The number of nitrogens with one attached hydrogen (secondary N) is 2. The van der Waals surface area contributed by atoms with Crippen LogP contribution in [0.25, 0.3) is 10.9 Å². The molecule has 3 rings (SSSR count). The van der Waals surface area contributed by atoms with E-state index in [1.165, 1.54) is 0 Å². The highest BCUT2D eigenvalue weighted by Gasteiger charge is 2.30. The largest absolute Gasteiger partial charge is 0.416 e. The van der Waals surface area contributed by atoms with Gasteiger partial charge in [-0.25, -0.2) is 0 Å². The molecule has 0 saturated carbocycles. The van der Waals surface area contributed by atoms with E-state index in [1.54, 1.807) is 24.7 Å². The van der Waals surface area contributed by atoms with Gasteiger partial charge in [0, 0.05) is 48.3 Å². The van der Waals surface area contributed by atoms with Crippen molar-refractivity contribution in [2.75, 3.05) is 18.4 Å². The molecule has 3 aromatic rings. The van der Waals surface area contributed by atoms with Crippen LogP contribution in [0.5, 0.6) is 0 Å². The van der Waals surface area contributed by atoms with Gasteiger partial charge in [0.15, 0.2) is 0 Å². The van der Waals surface area contributed by atoms with E-state index < -0.39 is 17.6 Å². The minimum Gasteiger partial charge on any atom is -0.383 e. The van der Waals surface area contributed by atoms with Crippen molar-refractivity contribution in [2.45, 2.75) is 6.18 Å². The fraction of sp³-hybridized carbons (Fsp3) is 0.167. The maximum absolute atomic E-state index is 12.5. The average molecular weight is 360 g/mol. The lowest BCUT2D eigenvalue weighted by Crippen LogP contribution is -2.28. The van der Waals surface area contributed by atoms with Gasteiger partial charge in [0.25, 0.3) is 5.91 Å². The van der Waals surface area contributed by atoms with Crippen LogP contribution in [0.4, 0.5) is 18.9 Å². The normalized spacial score (nSPS) is 11.3. The zero-order chi connectivity index (χ0) is 18.6. The molecule has 0 radical (unpaired) electrons. The summed E-state index contributed by atoms with van der Waals surface area (Å²) in [5.41, 5.74) is 1.04. The maximum Gasteiger partial charge on any atom is 0.416 e. The minimum absolute atomic E-state index is 0.177. The van der Waals surface area contributed by atoms with Crippen LogP contribution in [-0.2, 0) is 6.18 Å². The third kappa shape index (κ3) is 4.08. The smallest absolute Gasteiger partial charge is 0.383 e. The Morgan fingerprint density at radius 1 is 1.00 bits per heavy atom. The van der Waals surface area contributed by atoms with E-state index in [-0.39, 0.29) is 5.56 Å². The lowest BCUT2D eigenvalue weighted by molar-refractivity contribution is -0.137. The number of carbonyl (C=O) groups excluding carboxylic acids is 1. The summed E-state index contributed by atoms with van der Waals surface area (Å²) in [7, 11) is 0. The molecule has 134 valence electrons. The summed E-state index contributed by atoms with van der Waals surface area (Å²) >= 11 is 0. The SMILES string of the molecule is O=C(NCCNc1ccnc2ccncc12)c1ccc(C(F)(F)F)cc1. The second kappa shape index (κ2) is 7.38. The second-order valence-electron chi connectivity index (χ2n) is 5.51. The molecule has 0 saturated heterocycles. The van der Waals surface area contributed by atoms with E-state index in [2.05, 4.69) is 20.6 Å². The number of amides is 1. The molecule has 26 heavy (non-hydrogen) atoms. The van der Waals surface area contributed by atoms with Gasteiger partial charge in [-0.3, -0.25) is 14.8 Å². The Hall–Kier alpha value is -3.16. The Bertz CT molecular complexity index is 905. The van der Waals surface area contributed by atoms with E-state index in [0.29, 0.717) is 13.1 Å². The summed E-state index contributed by atoms with van der Waals surface area (Å²) in [6.45, 7) is 0.754. The van der Waals surface area contributed by atoms with Gasteiger partial charge in [-0.2, -0.15) is 13.2 Å². The highest BCUT2D eigenvalue weighted by molar-refractivity contribution is 5.94. The molecule has 5 nitrogen and oxygen atoms in total. The van der Waals surface area contributed by atoms with Crippen LogP contribution < -0.4 is 10.6 Å². The van der Waals surface area contributed by atoms with Crippen molar-refractivity contribution in [3.63, 3.8) is 0 Å². The summed E-state index contributed by atoms with van der Waals surface area (Å²) < 4.78 is 37.6. The number of pyridine rings is 2. The first-order valence-corrected chi connectivity index (χ1v) is 7.83. The van der Waals surface area contributed by atoms with E-state index in [9.17, 15) is 18.0 Å². The number of nitrogens with zero attached hydrogens (tertiary/aromatic N) is 2. The van der Waals surface area contributed by atoms with Crippen LogP contribution in [0.2, 0.25) is 0 Å². The number of carbonyl (C=O) groups is 1. The molecule has 0 aliphatic carbocycles. The Balaban J connectivity index is 1.54.